The second-order valence-electron chi connectivity index (χ2n) is 6.59. The average molecular weight is 438 g/mol. The van der Waals surface area contributed by atoms with Crippen molar-refractivity contribution in [2.24, 2.45) is 5.10 Å². The molecule has 2 aromatic heterocycles. The van der Waals surface area contributed by atoms with Crippen LogP contribution in [0.5, 0.6) is 0 Å². The molecule has 1 N–H and O–H groups in total. The number of nitrogens with zero attached hydrogens (tertiary/aromatic N) is 4. The number of halogens is 2. The lowest BCUT2D eigenvalue weighted by Crippen LogP contribution is -2.24. The van der Waals surface area contributed by atoms with Crippen molar-refractivity contribution >= 4 is 45.9 Å². The molecule has 8 heteroatoms. The molecule has 0 aliphatic heterocycles. The Kier molecular flexibility index (Phi) is 5.79. The highest BCUT2D eigenvalue weighted by Crippen LogP contribution is 2.24. The smallest absolute Gasteiger partial charge is 0.260 e. The maximum absolute atomic E-state index is 12.7. The predicted octanol–water partition coefficient (Wildman–Crippen LogP) is 4.95. The second kappa shape index (κ2) is 8.65. The van der Waals surface area contributed by atoms with Crippen LogP contribution in [-0.4, -0.2) is 26.2 Å². The van der Waals surface area contributed by atoms with E-state index in [4.69, 9.17) is 23.2 Å². The van der Waals surface area contributed by atoms with Gasteiger partial charge in [0.2, 0.25) is 0 Å². The van der Waals surface area contributed by atoms with Crippen molar-refractivity contribution in [3.8, 4) is 11.5 Å². The summed E-state index contributed by atoms with van der Waals surface area (Å²) in [6, 6.07) is 18.4. The minimum atomic E-state index is -0.283. The summed E-state index contributed by atoms with van der Waals surface area (Å²) in [6.45, 7) is 1.83. The number of amides is 1. The molecule has 6 nitrogen and oxygen atoms in total. The van der Waals surface area contributed by atoms with E-state index in [0.717, 1.165) is 16.6 Å². The molecule has 0 bridgehead atoms. The van der Waals surface area contributed by atoms with Gasteiger partial charge >= 0.3 is 0 Å². The first-order chi connectivity index (χ1) is 14.5. The normalized spacial score (nSPS) is 11.6. The third-order valence-corrected chi connectivity index (χ3v) is 5.27. The highest BCUT2D eigenvalue weighted by atomic mass is 35.5. The Morgan fingerprint density at radius 1 is 1.07 bits per heavy atom. The average Bonchev–Trinajstić information content (AvgIpc) is 3.13. The molecule has 0 saturated carbocycles. The summed E-state index contributed by atoms with van der Waals surface area (Å²) < 4.78 is 1.83. The molecule has 30 heavy (non-hydrogen) atoms. The Bertz CT molecular complexity index is 1250. The van der Waals surface area contributed by atoms with Crippen molar-refractivity contribution in [1.29, 1.82) is 0 Å². The van der Waals surface area contributed by atoms with Crippen LogP contribution >= 0.6 is 23.2 Å². The van der Waals surface area contributed by atoms with Crippen molar-refractivity contribution in [2.45, 2.75) is 13.5 Å². The summed E-state index contributed by atoms with van der Waals surface area (Å²) in [5, 5.41) is 5.09. The van der Waals surface area contributed by atoms with Crippen LogP contribution in [0.4, 0.5) is 0 Å². The Hall–Kier alpha value is -3.22. The molecule has 0 spiro atoms. The van der Waals surface area contributed by atoms with E-state index < -0.39 is 0 Å². The van der Waals surface area contributed by atoms with E-state index in [1.165, 1.54) is 0 Å². The van der Waals surface area contributed by atoms with E-state index >= 15 is 0 Å². The highest BCUT2D eigenvalue weighted by molar-refractivity contribution is 6.42. The van der Waals surface area contributed by atoms with Gasteiger partial charge in [0.15, 0.2) is 5.82 Å². The lowest BCUT2D eigenvalue weighted by molar-refractivity contribution is -0.121. The summed E-state index contributed by atoms with van der Waals surface area (Å²) in [5.74, 6) is 0.340. The van der Waals surface area contributed by atoms with Crippen molar-refractivity contribution in [2.75, 3.05) is 0 Å². The summed E-state index contributed by atoms with van der Waals surface area (Å²) in [4.78, 5) is 21.7. The van der Waals surface area contributed by atoms with Crippen LogP contribution in [0.3, 0.4) is 0 Å². The maximum atomic E-state index is 12.7. The molecule has 0 aliphatic carbocycles. The summed E-state index contributed by atoms with van der Waals surface area (Å²) >= 11 is 12.0. The maximum Gasteiger partial charge on any atom is 0.260 e. The van der Waals surface area contributed by atoms with E-state index in [1.54, 1.807) is 31.3 Å². The number of carbonyl (C=O) groups excluding carboxylic acids is 1. The van der Waals surface area contributed by atoms with Gasteiger partial charge in [-0.25, -0.2) is 10.4 Å². The third kappa shape index (κ3) is 4.20. The zero-order valence-corrected chi connectivity index (χ0v) is 17.5. The van der Waals surface area contributed by atoms with Gasteiger partial charge in [0.1, 0.15) is 12.2 Å². The van der Waals surface area contributed by atoms with Crippen LogP contribution < -0.4 is 5.43 Å². The number of carbonyl (C=O) groups is 1. The van der Waals surface area contributed by atoms with Crippen LogP contribution in [-0.2, 0) is 11.3 Å². The fourth-order valence-corrected chi connectivity index (χ4v) is 3.34. The zero-order valence-electron chi connectivity index (χ0n) is 16.0. The van der Waals surface area contributed by atoms with Gasteiger partial charge in [-0.15, -0.1) is 0 Å². The minimum absolute atomic E-state index is 0.0462. The molecule has 150 valence electrons. The molecule has 0 unspecified atom stereocenters. The first-order valence-electron chi connectivity index (χ1n) is 9.18. The Morgan fingerprint density at radius 3 is 2.63 bits per heavy atom. The summed E-state index contributed by atoms with van der Waals surface area (Å²) in [7, 11) is 0. The molecule has 2 heterocycles. The molecule has 4 aromatic rings. The number of pyridine rings is 1. The van der Waals surface area contributed by atoms with Crippen molar-refractivity contribution in [1.82, 2.24) is 20.0 Å². The summed E-state index contributed by atoms with van der Waals surface area (Å²) in [6.07, 6.45) is 1.70. The van der Waals surface area contributed by atoms with Gasteiger partial charge in [0, 0.05) is 6.20 Å². The SMILES string of the molecule is C/C(=N/NC(=O)Cn1c(-c2ccccn2)nc2ccccc21)c1ccc(Cl)c(Cl)c1. The van der Waals surface area contributed by atoms with Crippen LogP contribution in [0.25, 0.3) is 22.6 Å². The van der Waals surface area contributed by atoms with Gasteiger partial charge in [-0.05, 0) is 48.9 Å². The van der Waals surface area contributed by atoms with Gasteiger partial charge in [0.25, 0.3) is 5.91 Å². The number of aromatic nitrogens is 3. The fraction of sp³-hybridized carbons (Fsp3) is 0.0909. The monoisotopic (exact) mass is 437 g/mol. The fourth-order valence-electron chi connectivity index (χ4n) is 3.04. The second-order valence-corrected chi connectivity index (χ2v) is 7.40. The zero-order chi connectivity index (χ0) is 21.1. The number of hydrogen-bond acceptors (Lipinski definition) is 4. The van der Waals surface area contributed by atoms with Crippen LogP contribution in [0.15, 0.2) is 72.0 Å². The molecule has 0 aliphatic rings. The van der Waals surface area contributed by atoms with Crippen molar-refractivity contribution in [3.05, 3.63) is 82.5 Å². The lowest BCUT2D eigenvalue weighted by atomic mass is 10.1. The molecule has 0 atom stereocenters. The predicted molar refractivity (Wildman–Crippen MR) is 120 cm³/mol. The largest absolute Gasteiger partial charge is 0.313 e. The molecule has 4 rings (SSSR count). The quantitative estimate of drug-likeness (QED) is 0.354. The molecular formula is C22H17Cl2N5O. The number of benzene rings is 2. The topological polar surface area (TPSA) is 72.2 Å². The molecule has 0 saturated heterocycles. The van der Waals surface area contributed by atoms with E-state index in [-0.39, 0.29) is 12.5 Å². The van der Waals surface area contributed by atoms with E-state index in [9.17, 15) is 4.79 Å². The van der Waals surface area contributed by atoms with Crippen LogP contribution in [0.2, 0.25) is 10.0 Å². The van der Waals surface area contributed by atoms with Gasteiger partial charge in [0.05, 0.1) is 26.8 Å². The highest BCUT2D eigenvalue weighted by Gasteiger charge is 2.15. The van der Waals surface area contributed by atoms with Gasteiger partial charge in [-0.2, -0.15) is 5.10 Å². The Labute approximate surface area is 183 Å². The number of hydrogen-bond donors (Lipinski definition) is 1. The molecule has 1 amide bonds. The van der Waals surface area contributed by atoms with E-state index in [0.29, 0.717) is 27.3 Å². The van der Waals surface area contributed by atoms with Crippen molar-refractivity contribution < 1.29 is 4.79 Å². The number of imidazole rings is 1. The number of hydrazone groups is 1. The van der Waals surface area contributed by atoms with E-state index in [1.807, 2.05) is 47.0 Å². The third-order valence-electron chi connectivity index (χ3n) is 4.54. The Balaban J connectivity index is 1.59. The number of rotatable bonds is 5. The summed E-state index contributed by atoms with van der Waals surface area (Å²) in [5.41, 5.74) is 6.31. The van der Waals surface area contributed by atoms with Crippen molar-refractivity contribution in [3.63, 3.8) is 0 Å². The molecular weight excluding hydrogens is 421 g/mol. The first-order valence-corrected chi connectivity index (χ1v) is 9.94. The number of nitrogens with one attached hydrogen (secondary N) is 1. The van der Waals surface area contributed by atoms with E-state index in [2.05, 4.69) is 20.5 Å². The van der Waals surface area contributed by atoms with Crippen LogP contribution in [0, 0.1) is 0 Å². The van der Waals surface area contributed by atoms with Crippen LogP contribution in [0.1, 0.15) is 12.5 Å². The number of fused-ring (bicyclic) bond motifs is 1. The first kappa shape index (κ1) is 20.1. The standard InChI is InChI=1S/C22H17Cl2N5O/c1-14(15-9-10-16(23)17(24)12-15)27-28-21(30)13-29-20-8-3-2-6-18(20)26-22(29)19-7-4-5-11-25-19/h2-12H,13H2,1H3,(H,28,30)/b27-14-. The number of para-hydroxylation sites is 2. The molecule has 0 radical (unpaired) electrons. The minimum Gasteiger partial charge on any atom is -0.313 e. The molecule has 2 aromatic carbocycles. The van der Waals surface area contributed by atoms with Gasteiger partial charge in [-0.1, -0.05) is 47.5 Å². The molecule has 0 fully saturated rings. The lowest BCUT2D eigenvalue weighted by Gasteiger charge is -2.09. The van der Waals surface area contributed by atoms with Gasteiger partial charge < -0.3 is 4.57 Å². The Morgan fingerprint density at radius 2 is 1.87 bits per heavy atom. The van der Waals surface area contributed by atoms with Gasteiger partial charge in [-0.3, -0.25) is 9.78 Å².